The second-order valence-electron chi connectivity index (χ2n) is 19.9. The van der Waals surface area contributed by atoms with Crippen molar-refractivity contribution in [2.45, 2.75) is 39.6 Å². The lowest BCUT2D eigenvalue weighted by Crippen LogP contribution is -2.53. The fourth-order valence-electron chi connectivity index (χ4n) is 9.22. The number of hydrogen-bond acceptors (Lipinski definition) is 20. The highest BCUT2D eigenvalue weighted by atomic mass is 19.1. The number of ether oxygens (including phenoxy) is 3. The first-order valence-electron chi connectivity index (χ1n) is 27.8. The van der Waals surface area contributed by atoms with Crippen molar-refractivity contribution in [3.63, 3.8) is 0 Å². The number of aliphatic hydroxyl groups excluding tert-OH is 6. The topological polar surface area (TPSA) is 338 Å². The standard InChI is InChI=1S/C42H32B3N3O10.C21H20B3F3O7/c46-22-28-1-7-34(8-2-28)54-37-13-16-40(31(19-37)25-49)43(52)57-45(42-18-15-39(21-33(42)27-51)56-36-11-5-30(24-48)6-12-36)58-44(53)41-17-14-38(20-32(41)26-50)55-35-9-3-29(23-47)4-10-35;25-16-1-4-19(13(7-16)10-28)22(31)33-24(21-6-3-18(27)9-15(21)12-30)34-23(32)20-5-2-17(26)8-14(20)11-29/h1-21,49-53H,25-27H2;1-9,28-32H,10-12H2. The Bertz CT molecular complexity index is 3940. The molecule has 0 saturated heterocycles. The van der Waals surface area contributed by atoms with E-state index in [1.165, 1.54) is 54.6 Å². The predicted molar refractivity (Wildman–Crippen MR) is 333 cm³/mol. The number of halogens is 3. The molecule has 0 aromatic heterocycles. The molecule has 9 aromatic rings. The second-order valence-corrected chi connectivity index (χ2v) is 19.9. The van der Waals surface area contributed by atoms with Crippen LogP contribution in [0.25, 0.3) is 0 Å². The van der Waals surface area contributed by atoms with Crippen molar-refractivity contribution in [2.75, 3.05) is 0 Å². The molecular weight excluding hydrogens is 1190 g/mol. The summed E-state index contributed by atoms with van der Waals surface area (Å²) in [5, 5.41) is 131. The van der Waals surface area contributed by atoms with Gasteiger partial charge in [0, 0.05) is 0 Å². The maximum Gasteiger partial charge on any atom is 0.478 e. The summed E-state index contributed by atoms with van der Waals surface area (Å²) in [4.78, 5) is 0. The van der Waals surface area contributed by atoms with E-state index in [0.29, 0.717) is 51.2 Å². The number of hydrogen-bond donors (Lipinski definition) is 10. The lowest BCUT2D eigenvalue weighted by atomic mass is 9.65. The van der Waals surface area contributed by atoms with E-state index in [9.17, 15) is 63.9 Å². The van der Waals surface area contributed by atoms with Gasteiger partial charge in [0.1, 0.15) is 51.9 Å². The molecule has 0 unspecified atom stereocenters. The van der Waals surface area contributed by atoms with Crippen molar-refractivity contribution in [3.8, 4) is 52.7 Å². The Hall–Kier alpha value is -9.53. The lowest BCUT2D eigenvalue weighted by Gasteiger charge is -2.23. The third-order valence-electron chi connectivity index (χ3n) is 13.9. The van der Waals surface area contributed by atoms with Crippen molar-refractivity contribution < 1.29 is 96.4 Å². The fraction of sp³-hybridized carbons (Fsp3) is 0.0952. The van der Waals surface area contributed by atoms with Crippen molar-refractivity contribution in [1.82, 2.24) is 0 Å². The predicted octanol–water partition coefficient (Wildman–Crippen LogP) is 2.74. The van der Waals surface area contributed by atoms with Crippen LogP contribution in [0, 0.1) is 51.4 Å². The highest BCUT2D eigenvalue weighted by Crippen LogP contribution is 2.26. The van der Waals surface area contributed by atoms with Gasteiger partial charge in [-0.25, -0.2) is 13.2 Å². The van der Waals surface area contributed by atoms with Crippen LogP contribution in [0.15, 0.2) is 182 Å². The Morgan fingerprint density at radius 1 is 0.283 bits per heavy atom. The van der Waals surface area contributed by atoms with E-state index >= 15 is 0 Å². The minimum Gasteiger partial charge on any atom is -0.457 e. The maximum atomic E-state index is 13.7. The largest absolute Gasteiger partial charge is 0.478 e. The van der Waals surface area contributed by atoms with E-state index in [0.717, 1.165) is 36.4 Å². The zero-order chi connectivity index (χ0) is 65.8. The molecule has 0 bridgehead atoms. The van der Waals surface area contributed by atoms with Gasteiger partial charge in [0.05, 0.1) is 74.5 Å². The van der Waals surface area contributed by atoms with Crippen LogP contribution in [-0.4, -0.2) is 93.4 Å². The van der Waals surface area contributed by atoms with Crippen molar-refractivity contribution in [2.24, 2.45) is 0 Å². The van der Waals surface area contributed by atoms with Crippen LogP contribution in [0.2, 0.25) is 0 Å². The molecule has 460 valence electrons. The van der Waals surface area contributed by atoms with Crippen molar-refractivity contribution in [3.05, 3.63) is 250 Å². The minimum absolute atomic E-state index is 0.00233. The molecule has 0 heterocycles. The zero-order valence-corrected chi connectivity index (χ0v) is 48.3. The molecule has 9 rings (SSSR count). The van der Waals surface area contributed by atoms with Crippen molar-refractivity contribution in [1.29, 1.82) is 15.8 Å². The molecular formula is C63H52B6F3N3O17. The van der Waals surface area contributed by atoms with E-state index in [2.05, 4.69) is 0 Å². The summed E-state index contributed by atoms with van der Waals surface area (Å²) in [6.45, 7) is -3.45. The maximum absolute atomic E-state index is 13.7. The van der Waals surface area contributed by atoms with Crippen LogP contribution < -0.4 is 47.0 Å². The van der Waals surface area contributed by atoms with Gasteiger partial charge in [0.25, 0.3) is 0 Å². The molecule has 0 aliphatic carbocycles. The smallest absolute Gasteiger partial charge is 0.457 e. The number of nitriles is 3. The van der Waals surface area contributed by atoms with Gasteiger partial charge < -0.3 is 83.2 Å². The third kappa shape index (κ3) is 17.9. The van der Waals surface area contributed by atoms with Gasteiger partial charge in [-0.05, 0) is 212 Å². The summed E-state index contributed by atoms with van der Waals surface area (Å²) >= 11 is 0. The van der Waals surface area contributed by atoms with Gasteiger partial charge in [-0.15, -0.1) is 0 Å². The Labute approximate surface area is 527 Å². The SMILES string of the molecule is N#Cc1ccc(Oc2ccc(B(O)OB(OB(O)c3ccc(Oc4ccc(C#N)cc4)cc3CO)c3ccc(Oc4ccc(C#N)cc4)cc3CO)c(CO)c2)cc1.OCc1cc(F)ccc1B(O)OB(OB(O)c1ccc(F)cc1CO)c1ccc(F)cc1CO. The molecule has 0 saturated carbocycles. The van der Waals surface area contributed by atoms with Gasteiger partial charge in [-0.3, -0.25) is 0 Å². The summed E-state index contributed by atoms with van der Waals surface area (Å²) in [6.07, 6.45) is 0. The zero-order valence-electron chi connectivity index (χ0n) is 48.3. The highest BCUT2D eigenvalue weighted by molar-refractivity contribution is 6.80. The van der Waals surface area contributed by atoms with E-state index in [-0.39, 0.29) is 66.2 Å². The van der Waals surface area contributed by atoms with Crippen LogP contribution in [0.5, 0.6) is 34.5 Å². The van der Waals surface area contributed by atoms with Gasteiger partial charge in [0.15, 0.2) is 0 Å². The molecule has 0 amide bonds. The summed E-state index contributed by atoms with van der Waals surface area (Å²) in [5.41, 5.74) is 2.68. The molecule has 20 nitrogen and oxygen atoms in total. The quantitative estimate of drug-likeness (QED) is 0.0349. The van der Waals surface area contributed by atoms with Gasteiger partial charge >= 0.3 is 42.7 Å². The summed E-state index contributed by atoms with van der Waals surface area (Å²) in [6, 6.07) is 48.8. The molecule has 10 N–H and O–H groups in total. The van der Waals surface area contributed by atoms with Gasteiger partial charge in [-0.2, -0.15) is 15.8 Å². The minimum atomic E-state index is -1.80. The van der Waals surface area contributed by atoms with E-state index in [1.807, 2.05) is 18.2 Å². The Kier molecular flexibility index (Phi) is 24.5. The molecule has 9 aromatic carbocycles. The Morgan fingerprint density at radius 2 is 0.489 bits per heavy atom. The molecule has 0 radical (unpaired) electrons. The first kappa shape index (κ1) is 68.4. The van der Waals surface area contributed by atoms with Crippen LogP contribution in [0.3, 0.4) is 0 Å². The molecule has 0 atom stereocenters. The highest BCUT2D eigenvalue weighted by Gasteiger charge is 2.38. The average molecular weight is 1240 g/mol. The number of aliphatic hydroxyl groups is 6. The number of rotatable bonds is 26. The van der Waals surface area contributed by atoms with E-state index in [1.54, 1.807) is 91.0 Å². The Balaban J connectivity index is 0.000000272. The molecule has 92 heavy (non-hydrogen) atoms. The molecule has 29 heteroatoms. The summed E-state index contributed by atoms with van der Waals surface area (Å²) in [7, 11) is -10.3. The molecule has 0 spiro atoms. The van der Waals surface area contributed by atoms with Gasteiger partial charge in [-0.1, -0.05) is 36.4 Å². The number of nitrogens with zero attached hydrogens (tertiary/aromatic N) is 3. The van der Waals surface area contributed by atoms with Crippen LogP contribution in [-0.2, 0) is 57.9 Å². The first-order valence-corrected chi connectivity index (χ1v) is 27.8. The van der Waals surface area contributed by atoms with E-state index in [4.69, 9.17) is 48.3 Å². The van der Waals surface area contributed by atoms with Crippen molar-refractivity contribution >= 4 is 75.5 Å². The van der Waals surface area contributed by atoms with Crippen LogP contribution in [0.1, 0.15) is 50.1 Å². The number of benzene rings is 9. The first-order chi connectivity index (χ1) is 44.5. The summed E-state index contributed by atoms with van der Waals surface area (Å²) < 4.78 is 81.7. The van der Waals surface area contributed by atoms with Crippen LogP contribution in [0.4, 0.5) is 13.2 Å². The third-order valence-corrected chi connectivity index (χ3v) is 13.9. The normalized spacial score (nSPS) is 10.6. The molecule has 0 aliphatic heterocycles. The molecule has 0 aliphatic rings. The molecule has 0 fully saturated rings. The fourth-order valence-corrected chi connectivity index (χ4v) is 9.22. The van der Waals surface area contributed by atoms with Crippen LogP contribution >= 0.6 is 0 Å². The Morgan fingerprint density at radius 3 is 0.750 bits per heavy atom. The summed E-state index contributed by atoms with van der Waals surface area (Å²) in [5.74, 6) is 0.301. The average Bonchev–Trinajstić information content (AvgIpc) is 0.856. The second kappa shape index (κ2) is 33.0. The van der Waals surface area contributed by atoms with Gasteiger partial charge in [0.2, 0.25) is 0 Å². The lowest BCUT2D eigenvalue weighted by molar-refractivity contribution is 0.280. The van der Waals surface area contributed by atoms with E-state index < -0.39 is 99.8 Å². The monoisotopic (exact) mass is 1250 g/mol.